The van der Waals surface area contributed by atoms with Gasteiger partial charge in [0.05, 0.1) is 4.99 Å². The molecule has 0 amide bonds. The van der Waals surface area contributed by atoms with Gasteiger partial charge in [0.1, 0.15) is 10.9 Å². The van der Waals surface area contributed by atoms with Crippen LogP contribution in [0, 0.1) is 0 Å². The molecule has 0 radical (unpaired) electrons. The maximum Gasteiger partial charge on any atom is 0.319 e. The Balaban J connectivity index is 2.44. The topological polar surface area (TPSA) is 50.4 Å². The van der Waals surface area contributed by atoms with Gasteiger partial charge < -0.3 is 15.4 Å². The molecule has 0 heterocycles. The van der Waals surface area contributed by atoms with Crippen LogP contribution in [-0.2, 0) is 16.1 Å². The molecule has 25 heavy (non-hydrogen) atoms. The summed E-state index contributed by atoms with van der Waals surface area (Å²) in [6.45, 7) is 14.6. The lowest BCUT2D eigenvalue weighted by Gasteiger charge is -2.22. The van der Waals surface area contributed by atoms with E-state index in [1.54, 1.807) is 0 Å². The number of carbonyl (C=O) groups is 1. The fourth-order valence-electron chi connectivity index (χ4n) is 1.97. The monoisotopic (exact) mass is 380 g/mol. The standard InChI is InChI=1S/C19H28N2O2S2/c1-13(21-15(3)24)11-20-12-16-7-9-17(10-8-16)25-14(2)18(22)23-19(4,5)6/h7-10,14,20H,1,11-12H2,2-6H3,(H,21,24). The van der Waals surface area contributed by atoms with Crippen LogP contribution in [0.15, 0.2) is 41.4 Å². The van der Waals surface area contributed by atoms with Gasteiger partial charge in [-0.1, -0.05) is 30.9 Å². The van der Waals surface area contributed by atoms with Crippen LogP contribution in [0.4, 0.5) is 0 Å². The third-order valence-electron chi connectivity index (χ3n) is 3.00. The van der Waals surface area contributed by atoms with Gasteiger partial charge in [-0.15, -0.1) is 11.8 Å². The van der Waals surface area contributed by atoms with E-state index in [-0.39, 0.29) is 11.2 Å². The highest BCUT2D eigenvalue weighted by Gasteiger charge is 2.22. The number of hydrogen-bond acceptors (Lipinski definition) is 5. The molecule has 0 aliphatic rings. The summed E-state index contributed by atoms with van der Waals surface area (Å²) in [6, 6.07) is 8.16. The molecule has 0 saturated carbocycles. The first-order valence-electron chi connectivity index (χ1n) is 8.21. The van der Waals surface area contributed by atoms with Crippen LogP contribution >= 0.6 is 24.0 Å². The molecule has 4 nitrogen and oxygen atoms in total. The van der Waals surface area contributed by atoms with Crippen molar-refractivity contribution in [3.05, 3.63) is 42.1 Å². The molecule has 0 aliphatic heterocycles. The number of esters is 1. The maximum atomic E-state index is 12.0. The van der Waals surface area contributed by atoms with Crippen LogP contribution in [-0.4, -0.2) is 28.4 Å². The maximum absolute atomic E-state index is 12.0. The molecule has 2 N–H and O–H groups in total. The first-order chi connectivity index (χ1) is 11.6. The molecule has 1 rings (SSSR count). The minimum Gasteiger partial charge on any atom is -0.459 e. The van der Waals surface area contributed by atoms with Crippen molar-refractivity contribution in [3.63, 3.8) is 0 Å². The van der Waals surface area contributed by atoms with E-state index in [9.17, 15) is 4.79 Å². The van der Waals surface area contributed by atoms with Crippen LogP contribution in [0.2, 0.25) is 0 Å². The summed E-state index contributed by atoms with van der Waals surface area (Å²) in [5.74, 6) is -0.192. The summed E-state index contributed by atoms with van der Waals surface area (Å²) in [4.78, 5) is 13.8. The van der Waals surface area contributed by atoms with Crippen molar-refractivity contribution in [3.8, 4) is 0 Å². The Morgan fingerprint density at radius 2 is 1.92 bits per heavy atom. The number of ether oxygens (including phenoxy) is 1. The Kier molecular flexibility index (Phi) is 8.62. The number of benzene rings is 1. The predicted octanol–water partition coefficient (Wildman–Crippen LogP) is 4.05. The zero-order chi connectivity index (χ0) is 19.0. The van der Waals surface area contributed by atoms with Gasteiger partial charge in [-0.25, -0.2) is 0 Å². The van der Waals surface area contributed by atoms with Crippen LogP contribution in [0.1, 0.15) is 40.2 Å². The van der Waals surface area contributed by atoms with Gasteiger partial charge in [-0.2, -0.15) is 0 Å². The third kappa shape index (κ3) is 9.63. The zero-order valence-corrected chi connectivity index (χ0v) is 17.3. The van der Waals surface area contributed by atoms with Gasteiger partial charge in [0.25, 0.3) is 0 Å². The van der Waals surface area contributed by atoms with E-state index in [2.05, 4.69) is 29.3 Å². The largest absolute Gasteiger partial charge is 0.459 e. The van der Waals surface area contributed by atoms with E-state index in [0.29, 0.717) is 11.5 Å². The van der Waals surface area contributed by atoms with E-state index in [1.165, 1.54) is 17.3 Å². The van der Waals surface area contributed by atoms with E-state index in [0.717, 1.165) is 17.1 Å². The first kappa shape index (κ1) is 21.7. The second kappa shape index (κ2) is 9.94. The number of carbonyl (C=O) groups excluding carboxylic acids is 1. The molecule has 1 aromatic carbocycles. The normalized spacial score (nSPS) is 12.4. The highest BCUT2D eigenvalue weighted by molar-refractivity contribution is 8.00. The molecule has 0 saturated heterocycles. The van der Waals surface area contributed by atoms with Gasteiger partial charge in [-0.05, 0) is 52.3 Å². The summed E-state index contributed by atoms with van der Waals surface area (Å²) in [7, 11) is 0. The Labute approximate surface area is 160 Å². The van der Waals surface area contributed by atoms with Crippen molar-refractivity contribution < 1.29 is 9.53 Å². The van der Waals surface area contributed by atoms with Crippen molar-refractivity contribution >= 4 is 34.9 Å². The van der Waals surface area contributed by atoms with E-state index in [4.69, 9.17) is 17.0 Å². The summed E-state index contributed by atoms with van der Waals surface area (Å²) in [5, 5.41) is 6.08. The quantitative estimate of drug-likeness (QED) is 0.403. The van der Waals surface area contributed by atoms with E-state index in [1.807, 2.05) is 46.8 Å². The molecule has 0 bridgehead atoms. The fraction of sp³-hybridized carbons (Fsp3) is 0.474. The number of thioether (sulfide) groups is 1. The molecular formula is C19H28N2O2S2. The van der Waals surface area contributed by atoms with E-state index >= 15 is 0 Å². The van der Waals surface area contributed by atoms with Crippen LogP contribution in [0.3, 0.4) is 0 Å². The summed E-state index contributed by atoms with van der Waals surface area (Å²) in [5.41, 5.74) is 1.56. The Hall–Kier alpha value is -1.37. The van der Waals surface area contributed by atoms with Gasteiger partial charge in [0, 0.05) is 23.7 Å². The Morgan fingerprint density at radius 1 is 1.32 bits per heavy atom. The van der Waals surface area contributed by atoms with Crippen LogP contribution < -0.4 is 10.6 Å². The van der Waals surface area contributed by atoms with Crippen molar-refractivity contribution in [1.82, 2.24) is 10.6 Å². The number of rotatable bonds is 8. The lowest BCUT2D eigenvalue weighted by Crippen LogP contribution is -2.28. The van der Waals surface area contributed by atoms with Crippen LogP contribution in [0.5, 0.6) is 0 Å². The van der Waals surface area contributed by atoms with E-state index < -0.39 is 5.60 Å². The second-order valence-electron chi connectivity index (χ2n) is 6.83. The molecule has 0 aliphatic carbocycles. The second-order valence-corrected chi connectivity index (χ2v) is 8.85. The van der Waals surface area contributed by atoms with Gasteiger partial charge >= 0.3 is 5.97 Å². The minimum atomic E-state index is -0.457. The lowest BCUT2D eigenvalue weighted by atomic mass is 10.2. The Bertz CT molecular complexity index is 607. The van der Waals surface area contributed by atoms with Crippen molar-refractivity contribution in [2.75, 3.05) is 6.54 Å². The highest BCUT2D eigenvalue weighted by Crippen LogP contribution is 2.25. The first-order valence-corrected chi connectivity index (χ1v) is 9.50. The van der Waals surface area contributed by atoms with Crippen molar-refractivity contribution in [1.29, 1.82) is 0 Å². The highest BCUT2D eigenvalue weighted by atomic mass is 32.2. The van der Waals surface area contributed by atoms with Crippen LogP contribution in [0.25, 0.3) is 0 Å². The number of thiocarbonyl (C=S) groups is 1. The lowest BCUT2D eigenvalue weighted by molar-refractivity contribution is -0.153. The molecule has 1 unspecified atom stereocenters. The van der Waals surface area contributed by atoms with Gasteiger partial charge in [-0.3, -0.25) is 4.79 Å². The Morgan fingerprint density at radius 3 is 2.44 bits per heavy atom. The third-order valence-corrected chi connectivity index (χ3v) is 4.19. The number of nitrogens with one attached hydrogen (secondary N) is 2. The average molecular weight is 381 g/mol. The van der Waals surface area contributed by atoms with Crippen molar-refractivity contribution in [2.24, 2.45) is 0 Å². The summed E-state index contributed by atoms with van der Waals surface area (Å²) >= 11 is 6.48. The molecule has 0 fully saturated rings. The fourth-order valence-corrected chi connectivity index (χ4v) is 2.96. The predicted molar refractivity (Wildman–Crippen MR) is 110 cm³/mol. The molecule has 6 heteroatoms. The zero-order valence-electron chi connectivity index (χ0n) is 15.6. The number of hydrogen-bond donors (Lipinski definition) is 2. The van der Waals surface area contributed by atoms with Gasteiger partial charge in [0.15, 0.2) is 0 Å². The van der Waals surface area contributed by atoms with Crippen molar-refractivity contribution in [2.45, 2.75) is 56.9 Å². The molecular weight excluding hydrogens is 352 g/mol. The molecule has 1 aromatic rings. The van der Waals surface area contributed by atoms with Gasteiger partial charge in [0.2, 0.25) is 0 Å². The molecule has 138 valence electrons. The summed E-state index contributed by atoms with van der Waals surface area (Å²) < 4.78 is 5.41. The SMILES string of the molecule is C=C(CNCc1ccc(SC(C)C(=O)OC(C)(C)C)cc1)NC(C)=S. The average Bonchev–Trinajstić information content (AvgIpc) is 2.46. The molecule has 0 spiro atoms. The molecule has 1 atom stereocenters. The smallest absolute Gasteiger partial charge is 0.319 e. The minimum absolute atomic E-state index is 0.192. The molecule has 0 aromatic heterocycles. The summed E-state index contributed by atoms with van der Waals surface area (Å²) in [6.07, 6.45) is 0.